The fourth-order valence-electron chi connectivity index (χ4n) is 2.31. The molecule has 0 saturated heterocycles. The first-order valence-corrected chi connectivity index (χ1v) is 7.07. The number of carbonyl (C=O) groups is 1. The lowest BCUT2D eigenvalue weighted by Crippen LogP contribution is -2.19. The summed E-state index contributed by atoms with van der Waals surface area (Å²) in [5.41, 5.74) is 1.74. The molecule has 0 amide bonds. The summed E-state index contributed by atoms with van der Waals surface area (Å²) in [5.74, 6) is -0.662. The zero-order valence-electron chi connectivity index (χ0n) is 11.8. The van der Waals surface area contributed by atoms with Crippen molar-refractivity contribution in [1.29, 1.82) is 0 Å². The van der Waals surface area contributed by atoms with Crippen LogP contribution in [0.3, 0.4) is 0 Å². The van der Waals surface area contributed by atoms with E-state index >= 15 is 0 Å². The molecular formula is C17H17ClO3. The van der Waals surface area contributed by atoms with Crippen molar-refractivity contribution in [2.75, 3.05) is 7.11 Å². The van der Waals surface area contributed by atoms with Crippen LogP contribution < -0.4 is 4.74 Å². The Bertz CT molecular complexity index is 625. The van der Waals surface area contributed by atoms with E-state index in [1.165, 1.54) is 0 Å². The maximum absolute atomic E-state index is 11.5. The molecule has 4 heteroatoms. The molecule has 0 heterocycles. The van der Waals surface area contributed by atoms with Gasteiger partial charge >= 0.3 is 5.97 Å². The second-order valence-electron chi connectivity index (χ2n) is 4.85. The van der Waals surface area contributed by atoms with Gasteiger partial charge in [0, 0.05) is 5.02 Å². The van der Waals surface area contributed by atoms with Gasteiger partial charge in [-0.1, -0.05) is 48.0 Å². The Hall–Kier alpha value is -2.00. The third kappa shape index (κ3) is 3.99. The molecule has 2 aromatic carbocycles. The standard InChI is InChI=1S/C17H17ClO3/c1-21-16-9-5-3-7-13(16)11-14(17(19)20)10-12-6-2-4-8-15(12)18/h2-9,14H,10-11H2,1H3,(H,19,20). The van der Waals surface area contributed by atoms with E-state index in [0.29, 0.717) is 23.6 Å². The van der Waals surface area contributed by atoms with E-state index in [9.17, 15) is 9.90 Å². The minimum absolute atomic E-state index is 0.396. The molecule has 3 nitrogen and oxygen atoms in total. The summed E-state index contributed by atoms with van der Waals surface area (Å²) in [7, 11) is 1.59. The Morgan fingerprint density at radius 1 is 1.10 bits per heavy atom. The molecule has 2 rings (SSSR count). The Balaban J connectivity index is 2.20. The molecule has 0 aliphatic carbocycles. The third-order valence-corrected chi connectivity index (χ3v) is 3.80. The Morgan fingerprint density at radius 2 is 1.67 bits per heavy atom. The Morgan fingerprint density at radius 3 is 2.29 bits per heavy atom. The van der Waals surface area contributed by atoms with E-state index in [1.54, 1.807) is 13.2 Å². The van der Waals surface area contributed by atoms with Crippen LogP contribution >= 0.6 is 11.6 Å². The molecule has 0 aliphatic rings. The quantitative estimate of drug-likeness (QED) is 0.882. The maximum atomic E-state index is 11.5. The lowest BCUT2D eigenvalue weighted by atomic mass is 9.92. The normalized spacial score (nSPS) is 11.9. The Labute approximate surface area is 129 Å². The van der Waals surface area contributed by atoms with Crippen LogP contribution in [0.1, 0.15) is 11.1 Å². The summed E-state index contributed by atoms with van der Waals surface area (Å²) in [6, 6.07) is 14.8. The van der Waals surface area contributed by atoms with Crippen LogP contribution in [0, 0.1) is 5.92 Å². The highest BCUT2D eigenvalue weighted by Gasteiger charge is 2.21. The molecule has 1 atom stereocenters. The van der Waals surface area contributed by atoms with E-state index in [2.05, 4.69) is 0 Å². The van der Waals surface area contributed by atoms with E-state index in [1.807, 2.05) is 42.5 Å². The first-order chi connectivity index (χ1) is 10.1. The number of hydrogen-bond acceptors (Lipinski definition) is 2. The summed E-state index contributed by atoms with van der Waals surface area (Å²) in [5, 5.41) is 10.1. The minimum atomic E-state index is -0.833. The average molecular weight is 305 g/mol. The number of para-hydroxylation sites is 1. The summed E-state index contributed by atoms with van der Waals surface area (Å²) < 4.78 is 5.28. The van der Waals surface area contributed by atoms with Gasteiger partial charge in [-0.25, -0.2) is 0 Å². The predicted molar refractivity (Wildman–Crippen MR) is 83.0 cm³/mol. The number of aliphatic carboxylic acids is 1. The molecule has 0 bridgehead atoms. The van der Waals surface area contributed by atoms with Crippen LogP contribution in [0.25, 0.3) is 0 Å². The molecule has 1 N–H and O–H groups in total. The smallest absolute Gasteiger partial charge is 0.307 e. The van der Waals surface area contributed by atoms with Crippen LogP contribution in [0.5, 0.6) is 5.75 Å². The SMILES string of the molecule is COc1ccccc1CC(Cc1ccccc1Cl)C(=O)O. The van der Waals surface area contributed by atoms with Crippen molar-refractivity contribution in [3.05, 3.63) is 64.7 Å². The molecule has 0 saturated carbocycles. The number of ether oxygens (including phenoxy) is 1. The second kappa shape index (κ2) is 7.14. The van der Waals surface area contributed by atoms with E-state index < -0.39 is 11.9 Å². The first-order valence-electron chi connectivity index (χ1n) is 6.70. The third-order valence-electron chi connectivity index (χ3n) is 3.43. The van der Waals surface area contributed by atoms with Crippen molar-refractivity contribution < 1.29 is 14.6 Å². The minimum Gasteiger partial charge on any atom is -0.496 e. The fraction of sp³-hybridized carbons (Fsp3) is 0.235. The molecule has 2 aromatic rings. The monoisotopic (exact) mass is 304 g/mol. The van der Waals surface area contributed by atoms with Crippen molar-refractivity contribution in [3.63, 3.8) is 0 Å². The zero-order valence-corrected chi connectivity index (χ0v) is 12.5. The van der Waals surface area contributed by atoms with E-state index in [4.69, 9.17) is 16.3 Å². The van der Waals surface area contributed by atoms with Gasteiger partial charge in [-0.3, -0.25) is 4.79 Å². The molecule has 0 radical (unpaired) electrons. The molecule has 0 spiro atoms. The number of methoxy groups -OCH3 is 1. The van der Waals surface area contributed by atoms with Gasteiger partial charge in [0.2, 0.25) is 0 Å². The highest BCUT2D eigenvalue weighted by atomic mass is 35.5. The van der Waals surface area contributed by atoms with Gasteiger partial charge in [0.1, 0.15) is 5.75 Å². The topological polar surface area (TPSA) is 46.5 Å². The van der Waals surface area contributed by atoms with Crippen LogP contribution in [0.15, 0.2) is 48.5 Å². The summed E-state index contributed by atoms with van der Waals surface area (Å²) >= 11 is 6.12. The van der Waals surface area contributed by atoms with Crippen LogP contribution in [0.4, 0.5) is 0 Å². The molecule has 1 unspecified atom stereocenters. The largest absolute Gasteiger partial charge is 0.496 e. The van der Waals surface area contributed by atoms with Crippen LogP contribution in [0.2, 0.25) is 5.02 Å². The predicted octanol–water partition coefficient (Wildman–Crippen LogP) is 3.83. The zero-order chi connectivity index (χ0) is 15.2. The van der Waals surface area contributed by atoms with Crippen molar-refractivity contribution in [2.45, 2.75) is 12.8 Å². The molecule has 21 heavy (non-hydrogen) atoms. The van der Waals surface area contributed by atoms with Gasteiger partial charge < -0.3 is 9.84 Å². The van der Waals surface area contributed by atoms with Gasteiger partial charge in [0.25, 0.3) is 0 Å². The van der Waals surface area contributed by atoms with Gasteiger partial charge in [-0.15, -0.1) is 0 Å². The maximum Gasteiger partial charge on any atom is 0.307 e. The van der Waals surface area contributed by atoms with Crippen molar-refractivity contribution in [2.24, 2.45) is 5.92 Å². The number of carboxylic acids is 1. The average Bonchev–Trinajstić information content (AvgIpc) is 2.49. The summed E-state index contributed by atoms with van der Waals surface area (Å²) in [6.07, 6.45) is 0.803. The highest BCUT2D eigenvalue weighted by Crippen LogP contribution is 2.25. The van der Waals surface area contributed by atoms with E-state index in [0.717, 1.165) is 11.1 Å². The number of benzene rings is 2. The summed E-state index contributed by atoms with van der Waals surface area (Å²) in [4.78, 5) is 11.5. The number of hydrogen-bond donors (Lipinski definition) is 1. The van der Waals surface area contributed by atoms with Gasteiger partial charge in [-0.2, -0.15) is 0 Å². The molecular weight excluding hydrogens is 288 g/mol. The molecule has 0 fully saturated rings. The second-order valence-corrected chi connectivity index (χ2v) is 5.25. The van der Waals surface area contributed by atoms with Crippen molar-refractivity contribution in [1.82, 2.24) is 0 Å². The lowest BCUT2D eigenvalue weighted by molar-refractivity contribution is -0.141. The molecule has 0 aromatic heterocycles. The lowest BCUT2D eigenvalue weighted by Gasteiger charge is -2.15. The van der Waals surface area contributed by atoms with Gasteiger partial charge in [-0.05, 0) is 36.1 Å². The van der Waals surface area contributed by atoms with Gasteiger partial charge in [0.05, 0.1) is 13.0 Å². The molecule has 0 aliphatic heterocycles. The fourth-order valence-corrected chi connectivity index (χ4v) is 2.53. The number of halogens is 1. The van der Waals surface area contributed by atoms with Gasteiger partial charge in [0.15, 0.2) is 0 Å². The first kappa shape index (κ1) is 15.4. The van der Waals surface area contributed by atoms with Crippen LogP contribution in [-0.4, -0.2) is 18.2 Å². The van der Waals surface area contributed by atoms with Crippen LogP contribution in [-0.2, 0) is 17.6 Å². The summed E-state index contributed by atoms with van der Waals surface area (Å²) in [6.45, 7) is 0. The van der Waals surface area contributed by atoms with Crippen molar-refractivity contribution in [3.8, 4) is 5.75 Å². The van der Waals surface area contributed by atoms with E-state index in [-0.39, 0.29) is 0 Å². The highest BCUT2D eigenvalue weighted by molar-refractivity contribution is 6.31. The molecule has 110 valence electrons. The Kier molecular flexibility index (Phi) is 5.23. The van der Waals surface area contributed by atoms with Crippen molar-refractivity contribution >= 4 is 17.6 Å². The number of carboxylic acid groups (broad SMARTS) is 1. The number of rotatable bonds is 6.